The summed E-state index contributed by atoms with van der Waals surface area (Å²) in [5, 5.41) is 29.3. The van der Waals surface area contributed by atoms with Crippen molar-refractivity contribution in [2.24, 2.45) is 0 Å². The number of benzene rings is 1. The molecule has 7 nitrogen and oxygen atoms in total. The van der Waals surface area contributed by atoms with Crippen LogP contribution in [-0.4, -0.2) is 44.7 Å². The Bertz CT molecular complexity index is 666. The van der Waals surface area contributed by atoms with E-state index in [1.165, 1.54) is 12.1 Å². The molecular formula is C18H29BClNO6. The van der Waals surface area contributed by atoms with Gasteiger partial charge in [-0.05, 0) is 66.9 Å². The van der Waals surface area contributed by atoms with Crippen molar-refractivity contribution < 1.29 is 24.4 Å². The number of hydrogen-bond acceptors (Lipinski definition) is 6. The lowest BCUT2D eigenvalue weighted by Crippen LogP contribution is -2.44. The minimum absolute atomic E-state index is 0.0720. The van der Waals surface area contributed by atoms with Crippen LogP contribution in [0.4, 0.5) is 5.69 Å². The van der Waals surface area contributed by atoms with Gasteiger partial charge in [-0.2, -0.15) is 0 Å². The highest BCUT2D eigenvalue weighted by atomic mass is 35.5. The second kappa shape index (κ2) is 7.68. The van der Waals surface area contributed by atoms with Crippen LogP contribution in [-0.2, 0) is 9.31 Å². The molecule has 1 aromatic carbocycles. The van der Waals surface area contributed by atoms with E-state index >= 15 is 0 Å². The Kier molecular flexibility index (Phi) is 6.78. The van der Waals surface area contributed by atoms with Crippen molar-refractivity contribution in [2.75, 3.05) is 0 Å². The van der Waals surface area contributed by atoms with Gasteiger partial charge in [-0.1, -0.05) is 11.6 Å². The minimum atomic E-state index is -1.01. The highest BCUT2D eigenvalue weighted by Crippen LogP contribution is 2.36. The number of rotatable bonds is 3. The topological polar surface area (TPSA) is 102 Å². The molecule has 0 saturated carbocycles. The molecule has 0 radical (unpaired) electrons. The smallest absolute Gasteiger partial charge is 0.399 e. The van der Waals surface area contributed by atoms with E-state index in [9.17, 15) is 10.1 Å². The molecule has 0 aromatic heterocycles. The number of nitrogens with zero attached hydrogens (tertiary/aromatic N) is 1. The van der Waals surface area contributed by atoms with Gasteiger partial charge in [-0.15, -0.1) is 0 Å². The van der Waals surface area contributed by atoms with Gasteiger partial charge >= 0.3 is 7.12 Å². The van der Waals surface area contributed by atoms with Gasteiger partial charge in [0.2, 0.25) is 0 Å². The van der Waals surface area contributed by atoms with Gasteiger partial charge in [0, 0.05) is 17.2 Å². The first-order valence-electron chi connectivity index (χ1n) is 8.63. The van der Waals surface area contributed by atoms with Crippen molar-refractivity contribution in [2.45, 2.75) is 77.8 Å². The molecule has 0 spiro atoms. The molecule has 27 heavy (non-hydrogen) atoms. The molecule has 2 N–H and O–H groups in total. The normalized spacial score (nSPS) is 18.7. The van der Waals surface area contributed by atoms with Gasteiger partial charge < -0.3 is 19.5 Å². The maximum Gasteiger partial charge on any atom is 0.495 e. The monoisotopic (exact) mass is 401 g/mol. The Hall–Kier alpha value is -1.19. The lowest BCUT2D eigenvalue weighted by molar-refractivity contribution is -0.384. The van der Waals surface area contributed by atoms with E-state index in [1.807, 2.05) is 27.7 Å². The van der Waals surface area contributed by atoms with E-state index in [0.717, 1.165) is 0 Å². The van der Waals surface area contributed by atoms with E-state index in [0.29, 0.717) is 10.5 Å². The van der Waals surface area contributed by atoms with Crippen molar-refractivity contribution in [1.82, 2.24) is 0 Å². The Morgan fingerprint density at radius 3 is 1.74 bits per heavy atom. The van der Waals surface area contributed by atoms with Crippen molar-refractivity contribution in [3.63, 3.8) is 0 Å². The third kappa shape index (κ3) is 5.89. The van der Waals surface area contributed by atoms with E-state index in [4.69, 9.17) is 31.1 Å². The molecule has 1 heterocycles. The summed E-state index contributed by atoms with van der Waals surface area (Å²) < 4.78 is 11.7. The Balaban J connectivity index is 0.000000387. The second-order valence-electron chi connectivity index (χ2n) is 8.71. The molecule has 152 valence electrons. The standard InChI is InChI=1S/C12H15BClNO4.C6H14O2/c1-11(2)12(3,4)19-13(18-11)8-5-9(14)7-10(6-8)15(16)17;1-5(2,7)6(3,4)8/h5-7H,1-4H3;7-8H,1-4H3. The molecule has 2 rings (SSSR count). The maximum absolute atomic E-state index is 10.8. The summed E-state index contributed by atoms with van der Waals surface area (Å²) >= 11 is 5.90. The van der Waals surface area contributed by atoms with Gasteiger partial charge in [0.1, 0.15) is 0 Å². The third-order valence-corrected chi connectivity index (χ3v) is 5.36. The summed E-state index contributed by atoms with van der Waals surface area (Å²) in [7, 11) is -0.651. The molecule has 1 aliphatic heterocycles. The second-order valence-corrected chi connectivity index (χ2v) is 9.14. The van der Waals surface area contributed by atoms with Crippen LogP contribution in [0.25, 0.3) is 0 Å². The van der Waals surface area contributed by atoms with Crippen LogP contribution in [0.15, 0.2) is 18.2 Å². The van der Waals surface area contributed by atoms with Crippen LogP contribution in [0, 0.1) is 10.1 Å². The molecule has 0 amide bonds. The summed E-state index contributed by atoms with van der Waals surface area (Å²) in [4.78, 5) is 10.4. The fourth-order valence-electron chi connectivity index (χ4n) is 1.82. The number of halogens is 1. The first kappa shape index (κ1) is 23.9. The SMILES string of the molecule is CC(C)(O)C(C)(C)O.CC1(C)OB(c2cc(Cl)cc([N+](=O)[O-])c2)OC1(C)C. The van der Waals surface area contributed by atoms with Crippen LogP contribution in [0.5, 0.6) is 0 Å². The van der Waals surface area contributed by atoms with Crippen LogP contribution >= 0.6 is 11.6 Å². The summed E-state index contributed by atoms with van der Waals surface area (Å²) in [6.45, 7) is 14.0. The zero-order valence-corrected chi connectivity index (χ0v) is 17.9. The molecule has 0 bridgehead atoms. The van der Waals surface area contributed by atoms with Crippen LogP contribution in [0.1, 0.15) is 55.4 Å². The number of nitro benzene ring substituents is 1. The molecule has 1 aromatic rings. The first-order chi connectivity index (χ1) is 11.9. The van der Waals surface area contributed by atoms with E-state index in [2.05, 4.69) is 0 Å². The summed E-state index contributed by atoms with van der Waals surface area (Å²) in [5.74, 6) is 0. The zero-order valence-electron chi connectivity index (χ0n) is 17.2. The maximum atomic E-state index is 10.8. The quantitative estimate of drug-likeness (QED) is 0.458. The number of nitro groups is 1. The fraction of sp³-hybridized carbons (Fsp3) is 0.667. The zero-order chi connectivity index (χ0) is 21.4. The van der Waals surface area contributed by atoms with Crippen molar-refractivity contribution in [1.29, 1.82) is 0 Å². The average Bonchev–Trinajstić information content (AvgIpc) is 2.65. The number of non-ortho nitro benzene ring substituents is 1. The predicted octanol–water partition coefficient (Wildman–Crippen LogP) is 3.08. The highest BCUT2D eigenvalue weighted by molar-refractivity contribution is 6.62. The molecule has 1 saturated heterocycles. The fourth-order valence-corrected chi connectivity index (χ4v) is 2.05. The van der Waals surface area contributed by atoms with Crippen LogP contribution in [0.2, 0.25) is 5.02 Å². The Morgan fingerprint density at radius 2 is 1.41 bits per heavy atom. The molecule has 9 heteroatoms. The third-order valence-electron chi connectivity index (χ3n) is 5.14. The molecule has 1 fully saturated rings. The molecule has 0 unspecified atom stereocenters. The number of aliphatic hydroxyl groups is 2. The Morgan fingerprint density at radius 1 is 1.00 bits per heavy atom. The van der Waals surface area contributed by atoms with Crippen LogP contribution < -0.4 is 5.46 Å². The largest absolute Gasteiger partial charge is 0.495 e. The lowest BCUT2D eigenvalue weighted by atomic mass is 9.79. The molecule has 0 atom stereocenters. The minimum Gasteiger partial charge on any atom is -0.399 e. The van der Waals surface area contributed by atoms with Gasteiger partial charge in [-0.25, -0.2) is 0 Å². The van der Waals surface area contributed by atoms with Crippen molar-refractivity contribution in [3.8, 4) is 0 Å². The summed E-state index contributed by atoms with van der Waals surface area (Å²) in [5.41, 5.74) is -2.51. The van der Waals surface area contributed by atoms with Crippen LogP contribution in [0.3, 0.4) is 0 Å². The predicted molar refractivity (Wildman–Crippen MR) is 106 cm³/mol. The summed E-state index contributed by atoms with van der Waals surface area (Å²) in [6.07, 6.45) is 0. The van der Waals surface area contributed by atoms with E-state index < -0.39 is 34.4 Å². The lowest BCUT2D eigenvalue weighted by Gasteiger charge is -2.32. The highest BCUT2D eigenvalue weighted by Gasteiger charge is 2.52. The molecule has 1 aliphatic rings. The van der Waals surface area contributed by atoms with Gasteiger partial charge in [0.25, 0.3) is 5.69 Å². The van der Waals surface area contributed by atoms with Crippen molar-refractivity contribution >= 4 is 29.9 Å². The Labute approximate surface area is 165 Å². The average molecular weight is 402 g/mol. The summed E-state index contributed by atoms with van der Waals surface area (Å²) in [6, 6.07) is 4.35. The molecule has 0 aliphatic carbocycles. The van der Waals surface area contributed by atoms with E-state index in [-0.39, 0.29) is 5.69 Å². The van der Waals surface area contributed by atoms with Gasteiger partial charge in [0.05, 0.1) is 27.3 Å². The van der Waals surface area contributed by atoms with Gasteiger partial charge in [-0.3, -0.25) is 10.1 Å². The molecular weight excluding hydrogens is 372 g/mol. The number of hydrogen-bond donors (Lipinski definition) is 2. The first-order valence-corrected chi connectivity index (χ1v) is 9.00. The van der Waals surface area contributed by atoms with Gasteiger partial charge in [0.15, 0.2) is 0 Å². The van der Waals surface area contributed by atoms with Crippen molar-refractivity contribution in [3.05, 3.63) is 33.3 Å². The van der Waals surface area contributed by atoms with E-state index in [1.54, 1.807) is 33.8 Å².